The Morgan fingerprint density at radius 3 is 2.73 bits per heavy atom. The highest BCUT2D eigenvalue weighted by Crippen LogP contribution is 2.32. The van der Waals surface area contributed by atoms with Crippen molar-refractivity contribution in [1.29, 1.82) is 0 Å². The Labute approximate surface area is 97.2 Å². The van der Waals surface area contributed by atoms with E-state index in [1.807, 2.05) is 6.20 Å². The lowest BCUT2D eigenvalue weighted by Crippen LogP contribution is -2.26. The molecule has 2 fully saturated rings. The largest absolute Gasteiger partial charge is 0.355 e. The number of halogens is 1. The van der Waals surface area contributed by atoms with Gasteiger partial charge in [0.2, 0.25) is 0 Å². The van der Waals surface area contributed by atoms with Crippen LogP contribution < -0.4 is 10.2 Å². The van der Waals surface area contributed by atoms with Gasteiger partial charge in [-0.1, -0.05) is 0 Å². The van der Waals surface area contributed by atoms with Crippen molar-refractivity contribution in [3.05, 3.63) is 17.0 Å². The summed E-state index contributed by atoms with van der Waals surface area (Å²) >= 11 is 3.50. The maximum absolute atomic E-state index is 4.34. The average molecular weight is 269 g/mol. The number of fused-ring (bicyclic) bond motifs is 1. The van der Waals surface area contributed by atoms with E-state index in [4.69, 9.17) is 0 Å². The molecule has 15 heavy (non-hydrogen) atoms. The van der Waals surface area contributed by atoms with Crippen molar-refractivity contribution in [1.82, 2.24) is 15.3 Å². The van der Waals surface area contributed by atoms with Gasteiger partial charge >= 0.3 is 0 Å². The number of aromatic nitrogens is 2. The predicted molar refractivity (Wildman–Crippen MR) is 61.8 cm³/mol. The molecule has 0 saturated carbocycles. The normalized spacial score (nSPS) is 29.5. The van der Waals surface area contributed by atoms with E-state index in [1.165, 1.54) is 0 Å². The first-order valence-electron chi connectivity index (χ1n) is 5.26. The van der Waals surface area contributed by atoms with Gasteiger partial charge in [0, 0.05) is 32.4 Å². The number of nitrogens with zero attached hydrogens (tertiary/aromatic N) is 3. The standard InChI is InChI=1S/C10H13BrN4/c11-9-3-13-6-14-10(9)15-4-7-1-12-2-8(7)5-15/h3,6-8,12H,1-2,4-5H2/t7-,8+. The zero-order valence-electron chi connectivity index (χ0n) is 8.36. The van der Waals surface area contributed by atoms with Crippen molar-refractivity contribution >= 4 is 21.7 Å². The Balaban J connectivity index is 1.82. The van der Waals surface area contributed by atoms with Crippen LogP contribution in [0.25, 0.3) is 0 Å². The predicted octanol–water partition coefficient (Wildman–Crippen LogP) is 0.895. The van der Waals surface area contributed by atoms with Crippen LogP contribution in [0, 0.1) is 11.8 Å². The summed E-state index contributed by atoms with van der Waals surface area (Å²) in [6.07, 6.45) is 3.43. The second kappa shape index (κ2) is 3.72. The summed E-state index contributed by atoms with van der Waals surface area (Å²) in [4.78, 5) is 10.7. The smallest absolute Gasteiger partial charge is 0.146 e. The molecule has 0 aliphatic carbocycles. The van der Waals surface area contributed by atoms with Gasteiger partial charge in [-0.25, -0.2) is 9.97 Å². The summed E-state index contributed by atoms with van der Waals surface area (Å²) in [6.45, 7) is 4.55. The van der Waals surface area contributed by atoms with Crippen LogP contribution in [0.15, 0.2) is 17.0 Å². The van der Waals surface area contributed by atoms with Crippen LogP contribution in [-0.2, 0) is 0 Å². The first kappa shape index (κ1) is 9.54. The van der Waals surface area contributed by atoms with Gasteiger partial charge in [-0.3, -0.25) is 0 Å². The van der Waals surface area contributed by atoms with Crippen molar-refractivity contribution in [2.24, 2.45) is 11.8 Å². The highest BCUT2D eigenvalue weighted by Gasteiger charge is 2.36. The van der Waals surface area contributed by atoms with Crippen LogP contribution in [0.1, 0.15) is 0 Å². The highest BCUT2D eigenvalue weighted by atomic mass is 79.9. The van der Waals surface area contributed by atoms with Gasteiger partial charge in [-0.05, 0) is 27.8 Å². The minimum absolute atomic E-state index is 0.798. The molecular weight excluding hydrogens is 256 g/mol. The van der Waals surface area contributed by atoms with Gasteiger partial charge in [-0.2, -0.15) is 0 Å². The molecule has 1 N–H and O–H groups in total. The number of nitrogens with one attached hydrogen (secondary N) is 1. The molecule has 0 spiro atoms. The molecule has 2 aliphatic rings. The molecular formula is C10H13BrN4. The molecule has 0 amide bonds. The van der Waals surface area contributed by atoms with Gasteiger partial charge < -0.3 is 10.2 Å². The molecule has 0 bridgehead atoms. The number of rotatable bonds is 1. The average Bonchev–Trinajstić information content (AvgIpc) is 2.77. The van der Waals surface area contributed by atoms with E-state index in [-0.39, 0.29) is 0 Å². The van der Waals surface area contributed by atoms with Crippen molar-refractivity contribution in [3.63, 3.8) is 0 Å². The van der Waals surface area contributed by atoms with Crippen LogP contribution in [0.2, 0.25) is 0 Å². The van der Waals surface area contributed by atoms with E-state index in [0.29, 0.717) is 0 Å². The number of anilines is 1. The van der Waals surface area contributed by atoms with E-state index in [1.54, 1.807) is 6.33 Å². The third-order valence-corrected chi connectivity index (χ3v) is 3.90. The lowest BCUT2D eigenvalue weighted by atomic mass is 10.0. The summed E-state index contributed by atoms with van der Waals surface area (Å²) < 4.78 is 0.998. The minimum Gasteiger partial charge on any atom is -0.355 e. The van der Waals surface area contributed by atoms with Crippen molar-refractivity contribution in [3.8, 4) is 0 Å². The highest BCUT2D eigenvalue weighted by molar-refractivity contribution is 9.10. The fourth-order valence-corrected chi connectivity index (χ4v) is 3.04. The summed E-state index contributed by atoms with van der Waals surface area (Å²) in [5.41, 5.74) is 0. The Hall–Kier alpha value is -0.680. The number of hydrogen-bond acceptors (Lipinski definition) is 4. The summed E-state index contributed by atoms with van der Waals surface area (Å²) in [5.74, 6) is 2.64. The quantitative estimate of drug-likeness (QED) is 0.822. The van der Waals surface area contributed by atoms with Crippen LogP contribution in [-0.4, -0.2) is 36.1 Å². The van der Waals surface area contributed by atoms with Gasteiger partial charge in [0.05, 0.1) is 4.47 Å². The first-order valence-corrected chi connectivity index (χ1v) is 6.05. The van der Waals surface area contributed by atoms with Crippen molar-refractivity contribution < 1.29 is 0 Å². The molecule has 2 atom stereocenters. The van der Waals surface area contributed by atoms with Crippen LogP contribution in [0.5, 0.6) is 0 Å². The monoisotopic (exact) mass is 268 g/mol. The molecule has 3 heterocycles. The maximum Gasteiger partial charge on any atom is 0.146 e. The van der Waals surface area contributed by atoms with Crippen LogP contribution in [0.4, 0.5) is 5.82 Å². The fourth-order valence-electron chi connectivity index (χ4n) is 2.57. The molecule has 1 aromatic heterocycles. The Morgan fingerprint density at radius 2 is 2.07 bits per heavy atom. The molecule has 5 heteroatoms. The van der Waals surface area contributed by atoms with E-state index >= 15 is 0 Å². The van der Waals surface area contributed by atoms with Gasteiger partial charge in [-0.15, -0.1) is 0 Å². The van der Waals surface area contributed by atoms with E-state index < -0.39 is 0 Å². The molecule has 0 unspecified atom stereocenters. The molecule has 0 radical (unpaired) electrons. The summed E-state index contributed by atoms with van der Waals surface area (Å²) in [7, 11) is 0. The van der Waals surface area contributed by atoms with Crippen molar-refractivity contribution in [2.45, 2.75) is 0 Å². The topological polar surface area (TPSA) is 41.1 Å². The Kier molecular flexibility index (Phi) is 2.36. The molecule has 1 aromatic rings. The lowest BCUT2D eigenvalue weighted by molar-refractivity contribution is 0.533. The van der Waals surface area contributed by atoms with Gasteiger partial charge in [0.15, 0.2) is 0 Å². The fraction of sp³-hybridized carbons (Fsp3) is 0.600. The Bertz CT molecular complexity index is 358. The molecule has 2 aliphatic heterocycles. The zero-order valence-corrected chi connectivity index (χ0v) is 9.94. The third kappa shape index (κ3) is 1.63. The maximum atomic E-state index is 4.34. The van der Waals surface area contributed by atoms with Crippen molar-refractivity contribution in [2.75, 3.05) is 31.1 Å². The van der Waals surface area contributed by atoms with Crippen LogP contribution >= 0.6 is 15.9 Å². The molecule has 0 aromatic carbocycles. The number of hydrogen-bond donors (Lipinski definition) is 1. The molecule has 80 valence electrons. The summed E-state index contributed by atoms with van der Waals surface area (Å²) in [5, 5.41) is 3.44. The van der Waals surface area contributed by atoms with E-state index in [9.17, 15) is 0 Å². The minimum atomic E-state index is 0.798. The first-order chi connectivity index (χ1) is 7.34. The second-order valence-electron chi connectivity index (χ2n) is 4.28. The Morgan fingerprint density at radius 1 is 1.33 bits per heavy atom. The van der Waals surface area contributed by atoms with Crippen LogP contribution in [0.3, 0.4) is 0 Å². The summed E-state index contributed by atoms with van der Waals surface area (Å²) in [6, 6.07) is 0. The molecule has 4 nitrogen and oxygen atoms in total. The van der Waals surface area contributed by atoms with Gasteiger partial charge in [0.25, 0.3) is 0 Å². The molecule has 3 rings (SSSR count). The third-order valence-electron chi connectivity index (χ3n) is 3.34. The SMILES string of the molecule is Brc1cncnc1N1C[C@H]2CNC[C@H]2C1. The van der Waals surface area contributed by atoms with E-state index in [2.05, 4.69) is 36.1 Å². The zero-order chi connectivity index (χ0) is 10.3. The molecule has 2 saturated heterocycles. The van der Waals surface area contributed by atoms with Gasteiger partial charge in [0.1, 0.15) is 12.1 Å². The van der Waals surface area contributed by atoms with E-state index in [0.717, 1.165) is 48.3 Å². The lowest BCUT2D eigenvalue weighted by Gasteiger charge is -2.19. The second-order valence-corrected chi connectivity index (χ2v) is 5.13.